The molecule has 0 bridgehead atoms. The van der Waals surface area contributed by atoms with Crippen molar-refractivity contribution in [1.29, 1.82) is 0 Å². The van der Waals surface area contributed by atoms with E-state index in [4.69, 9.17) is 15.8 Å². The van der Waals surface area contributed by atoms with Crippen LogP contribution in [0.2, 0.25) is 0 Å². The van der Waals surface area contributed by atoms with Crippen molar-refractivity contribution in [3.63, 3.8) is 0 Å². The minimum absolute atomic E-state index is 0.656. The first-order valence-corrected chi connectivity index (χ1v) is 5.54. The first-order valence-electron chi connectivity index (χ1n) is 3.23. The van der Waals surface area contributed by atoms with Gasteiger partial charge in [-0.1, -0.05) is 0 Å². The Hall–Kier alpha value is -0.950. The Morgan fingerprint density at radius 1 is 1.43 bits per heavy atom. The number of halogens is 3. The molecular formula is C6H4ClF2NO3S. The Kier molecular flexibility index (Phi) is 2.91. The van der Waals surface area contributed by atoms with Crippen molar-refractivity contribution in [2.45, 2.75) is 11.3 Å². The number of pyridine rings is 1. The summed E-state index contributed by atoms with van der Waals surface area (Å²) in [5.41, 5.74) is -1.03. The molecule has 0 atom stereocenters. The zero-order valence-corrected chi connectivity index (χ0v) is 8.06. The maximum atomic E-state index is 12.3. The normalized spacial score (nSPS) is 12.0. The highest BCUT2D eigenvalue weighted by Crippen LogP contribution is 2.34. The Balaban J connectivity index is 3.52. The van der Waals surface area contributed by atoms with Crippen molar-refractivity contribution in [2.75, 3.05) is 0 Å². The molecule has 1 aromatic heterocycles. The molecule has 0 aliphatic carbocycles. The van der Waals surface area contributed by atoms with E-state index in [-0.39, 0.29) is 0 Å². The molecule has 0 aliphatic rings. The van der Waals surface area contributed by atoms with Crippen molar-refractivity contribution in [3.8, 4) is 5.75 Å². The second-order valence-electron chi connectivity index (χ2n) is 2.31. The number of hydrogen-bond acceptors (Lipinski definition) is 4. The summed E-state index contributed by atoms with van der Waals surface area (Å²) in [6, 6.07) is 0. The molecule has 1 heterocycles. The van der Waals surface area contributed by atoms with Crippen LogP contribution in [0, 0.1) is 0 Å². The number of aromatic hydroxyl groups is 1. The summed E-state index contributed by atoms with van der Waals surface area (Å²) in [5.74, 6) is -0.901. The summed E-state index contributed by atoms with van der Waals surface area (Å²) in [5, 5.41) is 8.96. The second-order valence-corrected chi connectivity index (χ2v) is 4.84. The van der Waals surface area contributed by atoms with Crippen LogP contribution in [0.25, 0.3) is 0 Å². The van der Waals surface area contributed by atoms with E-state index in [1.165, 1.54) is 0 Å². The fourth-order valence-corrected chi connectivity index (χ4v) is 1.87. The lowest BCUT2D eigenvalue weighted by Crippen LogP contribution is -2.00. The molecule has 1 N–H and O–H groups in total. The van der Waals surface area contributed by atoms with Gasteiger partial charge < -0.3 is 5.11 Å². The van der Waals surface area contributed by atoms with Crippen LogP contribution in [-0.2, 0) is 9.05 Å². The molecule has 0 fully saturated rings. The average molecular weight is 244 g/mol. The van der Waals surface area contributed by atoms with E-state index in [0.29, 0.717) is 12.4 Å². The molecule has 8 heteroatoms. The van der Waals surface area contributed by atoms with Gasteiger partial charge >= 0.3 is 0 Å². The molecule has 0 saturated heterocycles. The number of hydrogen-bond donors (Lipinski definition) is 1. The zero-order chi connectivity index (χ0) is 10.9. The van der Waals surface area contributed by atoms with Gasteiger partial charge in [0.25, 0.3) is 15.5 Å². The summed E-state index contributed by atoms with van der Waals surface area (Å²) in [6.45, 7) is 0. The Morgan fingerprint density at radius 3 is 2.36 bits per heavy atom. The lowest BCUT2D eigenvalue weighted by molar-refractivity contribution is 0.143. The van der Waals surface area contributed by atoms with Crippen molar-refractivity contribution < 1.29 is 22.3 Å². The highest BCUT2D eigenvalue weighted by molar-refractivity contribution is 8.13. The summed E-state index contributed by atoms with van der Waals surface area (Å²) in [6.07, 6.45) is -1.77. The summed E-state index contributed by atoms with van der Waals surface area (Å²) >= 11 is 0. The molecule has 0 amide bonds. The summed E-state index contributed by atoms with van der Waals surface area (Å²) in [4.78, 5) is 2.37. The quantitative estimate of drug-likeness (QED) is 0.802. The van der Waals surface area contributed by atoms with E-state index in [9.17, 15) is 17.2 Å². The molecule has 0 radical (unpaired) electrons. The number of rotatable bonds is 2. The molecule has 0 unspecified atom stereocenters. The maximum absolute atomic E-state index is 12.3. The van der Waals surface area contributed by atoms with Gasteiger partial charge in [0.05, 0.1) is 11.8 Å². The highest BCUT2D eigenvalue weighted by Gasteiger charge is 2.25. The van der Waals surface area contributed by atoms with Gasteiger partial charge in [0.2, 0.25) is 0 Å². The van der Waals surface area contributed by atoms with Crippen molar-refractivity contribution in [3.05, 3.63) is 18.0 Å². The highest BCUT2D eigenvalue weighted by atomic mass is 35.7. The van der Waals surface area contributed by atoms with Crippen LogP contribution >= 0.6 is 10.7 Å². The SMILES string of the molecule is O=S(=O)(Cl)c1cncc(O)c1C(F)F. The van der Waals surface area contributed by atoms with Gasteiger partial charge in [0.15, 0.2) is 0 Å². The number of aromatic nitrogens is 1. The molecule has 0 saturated carbocycles. The minimum Gasteiger partial charge on any atom is -0.506 e. The van der Waals surface area contributed by atoms with Gasteiger partial charge in [-0.2, -0.15) is 0 Å². The largest absolute Gasteiger partial charge is 0.506 e. The van der Waals surface area contributed by atoms with Gasteiger partial charge in [0.1, 0.15) is 10.6 Å². The van der Waals surface area contributed by atoms with Crippen LogP contribution < -0.4 is 0 Å². The predicted octanol–water partition coefficient (Wildman–Crippen LogP) is 1.65. The molecule has 0 spiro atoms. The molecular weight excluding hydrogens is 240 g/mol. The lowest BCUT2D eigenvalue weighted by Gasteiger charge is -2.06. The standard InChI is InChI=1S/C6H4ClF2NO3S/c7-14(12,13)4-2-10-1-3(11)5(4)6(8)9/h1-2,6,11H. The van der Waals surface area contributed by atoms with Gasteiger partial charge in [-0.25, -0.2) is 17.2 Å². The van der Waals surface area contributed by atoms with E-state index in [1.807, 2.05) is 0 Å². The van der Waals surface area contributed by atoms with Crippen LogP contribution in [0.4, 0.5) is 8.78 Å². The maximum Gasteiger partial charge on any atom is 0.268 e. The van der Waals surface area contributed by atoms with Crippen molar-refractivity contribution in [1.82, 2.24) is 4.98 Å². The Labute approximate surface area is 82.6 Å². The smallest absolute Gasteiger partial charge is 0.268 e. The van der Waals surface area contributed by atoms with Crippen molar-refractivity contribution >= 4 is 19.7 Å². The van der Waals surface area contributed by atoms with E-state index >= 15 is 0 Å². The predicted molar refractivity (Wildman–Crippen MR) is 43.9 cm³/mol. The van der Waals surface area contributed by atoms with Gasteiger partial charge in [-0.3, -0.25) is 4.98 Å². The Morgan fingerprint density at radius 2 is 2.00 bits per heavy atom. The summed E-state index contributed by atoms with van der Waals surface area (Å²) < 4.78 is 46.2. The van der Waals surface area contributed by atoms with Gasteiger partial charge in [0, 0.05) is 16.9 Å². The van der Waals surface area contributed by atoms with Crippen LogP contribution in [0.1, 0.15) is 12.0 Å². The van der Waals surface area contributed by atoms with E-state index in [0.717, 1.165) is 0 Å². The van der Waals surface area contributed by atoms with Crippen LogP contribution in [0.3, 0.4) is 0 Å². The molecule has 14 heavy (non-hydrogen) atoms. The third-order valence-corrected chi connectivity index (χ3v) is 2.76. The van der Waals surface area contributed by atoms with Crippen molar-refractivity contribution in [2.24, 2.45) is 0 Å². The zero-order valence-electron chi connectivity index (χ0n) is 6.49. The van der Waals surface area contributed by atoms with Gasteiger partial charge in [-0.15, -0.1) is 0 Å². The topological polar surface area (TPSA) is 67.3 Å². The van der Waals surface area contributed by atoms with E-state index < -0.39 is 31.7 Å². The fraction of sp³-hybridized carbons (Fsp3) is 0.167. The molecule has 4 nitrogen and oxygen atoms in total. The number of alkyl halides is 2. The Bertz CT molecular complexity index is 448. The van der Waals surface area contributed by atoms with Crippen LogP contribution in [0.15, 0.2) is 17.3 Å². The molecule has 1 aromatic rings. The van der Waals surface area contributed by atoms with Gasteiger partial charge in [-0.05, 0) is 0 Å². The average Bonchev–Trinajstić information content (AvgIpc) is 2.01. The second kappa shape index (κ2) is 3.66. The third kappa shape index (κ3) is 2.10. The minimum atomic E-state index is -4.33. The monoisotopic (exact) mass is 243 g/mol. The number of nitrogens with zero attached hydrogens (tertiary/aromatic N) is 1. The fourth-order valence-electron chi connectivity index (χ4n) is 0.854. The first kappa shape index (κ1) is 11.1. The molecule has 78 valence electrons. The molecule has 1 rings (SSSR count). The first-order chi connectivity index (χ1) is 6.34. The molecule has 0 aliphatic heterocycles. The van der Waals surface area contributed by atoms with E-state index in [1.54, 1.807) is 0 Å². The third-order valence-electron chi connectivity index (χ3n) is 1.41. The summed E-state index contributed by atoms with van der Waals surface area (Å²) in [7, 11) is 0.536. The van der Waals surface area contributed by atoms with Crippen LogP contribution in [0.5, 0.6) is 5.75 Å². The lowest BCUT2D eigenvalue weighted by atomic mass is 10.2. The molecule has 0 aromatic carbocycles. The van der Waals surface area contributed by atoms with Crippen LogP contribution in [-0.4, -0.2) is 18.5 Å². The van der Waals surface area contributed by atoms with E-state index in [2.05, 4.69) is 4.98 Å².